The molecule has 8 nitrogen and oxygen atoms in total. The average Bonchev–Trinajstić information content (AvgIpc) is 2.90. The standard InChI is InChI=1S/C30H36FN5O3/c31-23-17-34(30(39)33-28(23)37)27-29(38)36(25-11-4-3-10-24(25)32-27)22-15-20-8-5-9-21(16-22)35(20)26-14-18-6-1-2-7-19(26)13-12-18/h3-4,10-11,17-22,26H,1-2,5-9,12-16H2,(H,33,37,39). The third-order valence-corrected chi connectivity index (χ3v) is 10.2. The maximum atomic E-state index is 14.2. The van der Waals surface area contributed by atoms with E-state index in [2.05, 4.69) is 9.88 Å². The molecular formula is C30H36FN5O3. The zero-order valence-corrected chi connectivity index (χ0v) is 22.2. The Morgan fingerprint density at radius 3 is 2.44 bits per heavy atom. The fourth-order valence-corrected chi connectivity index (χ4v) is 8.50. The van der Waals surface area contributed by atoms with Crippen LogP contribution in [0.1, 0.15) is 83.1 Å². The van der Waals surface area contributed by atoms with Crippen molar-refractivity contribution in [1.29, 1.82) is 0 Å². The first-order valence-electron chi connectivity index (χ1n) is 14.8. The van der Waals surface area contributed by atoms with E-state index >= 15 is 0 Å². The summed E-state index contributed by atoms with van der Waals surface area (Å²) in [4.78, 5) is 47.6. The molecule has 9 heteroatoms. The van der Waals surface area contributed by atoms with Gasteiger partial charge in [-0.05, 0) is 68.9 Å². The van der Waals surface area contributed by atoms with E-state index in [1.54, 1.807) is 4.57 Å². The molecule has 3 aliphatic carbocycles. The molecule has 8 rings (SSSR count). The van der Waals surface area contributed by atoms with Crippen LogP contribution >= 0.6 is 0 Å². The number of aromatic nitrogens is 4. The number of benzene rings is 1. The molecule has 5 aliphatic rings. The van der Waals surface area contributed by atoms with Gasteiger partial charge in [0, 0.05) is 24.2 Å². The van der Waals surface area contributed by atoms with Crippen LogP contribution in [-0.4, -0.2) is 42.1 Å². The molecule has 1 N–H and O–H groups in total. The first kappa shape index (κ1) is 24.9. The molecule has 5 atom stereocenters. The SMILES string of the molecule is O=c1[nH]c(=O)n(-c2nc3ccccc3n(C3CC4CCCC(C3)N4C3CC4CCCCC3CC4)c2=O)cc1F. The number of hydrogen-bond acceptors (Lipinski definition) is 5. The second kappa shape index (κ2) is 9.84. The lowest BCUT2D eigenvalue weighted by Gasteiger charge is -2.56. The van der Waals surface area contributed by atoms with Crippen molar-refractivity contribution >= 4 is 11.0 Å². The topological polar surface area (TPSA) is 93.0 Å². The first-order valence-corrected chi connectivity index (χ1v) is 14.8. The van der Waals surface area contributed by atoms with Crippen LogP contribution in [-0.2, 0) is 0 Å². The number of para-hydroxylation sites is 2. The highest BCUT2D eigenvalue weighted by Gasteiger charge is 2.46. The van der Waals surface area contributed by atoms with Gasteiger partial charge in [0.15, 0.2) is 0 Å². The molecule has 39 heavy (non-hydrogen) atoms. The predicted octanol–water partition coefficient (Wildman–Crippen LogP) is 4.29. The highest BCUT2D eigenvalue weighted by Crippen LogP contribution is 2.47. The number of H-pyrrole nitrogens is 1. The van der Waals surface area contributed by atoms with E-state index in [1.165, 1.54) is 51.4 Å². The van der Waals surface area contributed by atoms with Crippen LogP contribution < -0.4 is 16.8 Å². The average molecular weight is 534 g/mol. The fraction of sp³-hybridized carbons (Fsp3) is 0.600. The molecule has 3 saturated carbocycles. The Kier molecular flexibility index (Phi) is 6.29. The molecule has 0 radical (unpaired) electrons. The summed E-state index contributed by atoms with van der Waals surface area (Å²) in [6.45, 7) is 0. The van der Waals surface area contributed by atoms with Gasteiger partial charge in [0.2, 0.25) is 11.6 Å². The Morgan fingerprint density at radius 2 is 1.62 bits per heavy atom. The third-order valence-electron chi connectivity index (χ3n) is 10.2. The van der Waals surface area contributed by atoms with Gasteiger partial charge in [-0.2, -0.15) is 4.39 Å². The van der Waals surface area contributed by atoms with Crippen LogP contribution in [0.5, 0.6) is 0 Å². The van der Waals surface area contributed by atoms with E-state index in [-0.39, 0.29) is 11.9 Å². The summed E-state index contributed by atoms with van der Waals surface area (Å²) in [6.07, 6.45) is 15.6. The Hall–Kier alpha value is -3.07. The summed E-state index contributed by atoms with van der Waals surface area (Å²) >= 11 is 0. The maximum absolute atomic E-state index is 14.2. The summed E-state index contributed by atoms with van der Waals surface area (Å²) in [5, 5.41) is 0. The van der Waals surface area contributed by atoms with Gasteiger partial charge >= 0.3 is 5.69 Å². The van der Waals surface area contributed by atoms with E-state index in [4.69, 9.17) is 0 Å². The van der Waals surface area contributed by atoms with Gasteiger partial charge in [-0.15, -0.1) is 0 Å². The Labute approximate surface area is 225 Å². The van der Waals surface area contributed by atoms with E-state index in [0.717, 1.165) is 53.8 Å². The zero-order chi connectivity index (χ0) is 26.7. The van der Waals surface area contributed by atoms with Crippen molar-refractivity contribution in [2.24, 2.45) is 11.8 Å². The molecule has 1 aromatic carbocycles. The Balaban J connectivity index is 1.29. The second-order valence-electron chi connectivity index (χ2n) is 12.3. The van der Waals surface area contributed by atoms with Gasteiger partial charge in [-0.1, -0.05) is 44.2 Å². The lowest BCUT2D eigenvalue weighted by molar-refractivity contribution is -0.0603. The van der Waals surface area contributed by atoms with Crippen LogP contribution in [0.4, 0.5) is 4.39 Å². The zero-order valence-electron chi connectivity index (χ0n) is 22.2. The van der Waals surface area contributed by atoms with Gasteiger partial charge < -0.3 is 4.57 Å². The van der Waals surface area contributed by atoms with Crippen molar-refractivity contribution in [3.05, 3.63) is 67.5 Å². The Morgan fingerprint density at radius 1 is 0.846 bits per heavy atom. The highest BCUT2D eigenvalue weighted by atomic mass is 19.1. The summed E-state index contributed by atoms with van der Waals surface area (Å²) in [5.41, 5.74) is -1.12. The summed E-state index contributed by atoms with van der Waals surface area (Å²) in [5.74, 6) is 0.334. The van der Waals surface area contributed by atoms with E-state index in [1.807, 2.05) is 29.2 Å². The number of piperidine rings is 2. The van der Waals surface area contributed by atoms with Crippen molar-refractivity contribution in [2.45, 2.75) is 101 Å². The molecule has 0 amide bonds. The number of nitrogens with zero attached hydrogens (tertiary/aromatic N) is 4. The molecule has 4 bridgehead atoms. The lowest BCUT2D eigenvalue weighted by Crippen LogP contribution is -2.60. The summed E-state index contributed by atoms with van der Waals surface area (Å²) in [6, 6.07) is 8.93. The predicted molar refractivity (Wildman–Crippen MR) is 147 cm³/mol. The van der Waals surface area contributed by atoms with Gasteiger partial charge in [0.25, 0.3) is 11.1 Å². The summed E-state index contributed by atoms with van der Waals surface area (Å²) in [7, 11) is 0. The molecule has 0 spiro atoms. The fourth-order valence-electron chi connectivity index (χ4n) is 8.50. The van der Waals surface area contributed by atoms with Crippen LogP contribution in [0.15, 0.2) is 44.8 Å². The van der Waals surface area contributed by atoms with Crippen molar-refractivity contribution < 1.29 is 4.39 Å². The molecule has 5 unspecified atom stereocenters. The van der Waals surface area contributed by atoms with Crippen molar-refractivity contribution in [3.8, 4) is 5.82 Å². The van der Waals surface area contributed by atoms with Crippen molar-refractivity contribution in [1.82, 2.24) is 24.0 Å². The minimum absolute atomic E-state index is 0.0373. The molecule has 2 aromatic heterocycles. The van der Waals surface area contributed by atoms with E-state index in [0.29, 0.717) is 23.6 Å². The smallest absolute Gasteiger partial charge is 0.300 e. The van der Waals surface area contributed by atoms with Crippen LogP contribution in [0.3, 0.4) is 0 Å². The Bertz CT molecular complexity index is 1560. The number of hydrogen-bond donors (Lipinski definition) is 1. The number of aromatic amines is 1. The maximum Gasteiger partial charge on any atom is 0.334 e. The molecule has 3 aromatic rings. The largest absolute Gasteiger partial charge is 0.334 e. The molecular weight excluding hydrogens is 497 g/mol. The van der Waals surface area contributed by atoms with E-state index in [9.17, 15) is 18.8 Å². The molecule has 2 aliphatic heterocycles. The number of halogens is 1. The number of nitrogens with one attached hydrogen (secondary N) is 1. The minimum Gasteiger partial charge on any atom is -0.300 e. The monoisotopic (exact) mass is 533 g/mol. The van der Waals surface area contributed by atoms with Crippen LogP contribution in [0, 0.1) is 17.7 Å². The van der Waals surface area contributed by atoms with Crippen LogP contribution in [0.2, 0.25) is 0 Å². The van der Waals surface area contributed by atoms with Crippen molar-refractivity contribution in [3.63, 3.8) is 0 Å². The first-order chi connectivity index (χ1) is 19.0. The minimum atomic E-state index is -1.13. The number of rotatable bonds is 3. The summed E-state index contributed by atoms with van der Waals surface area (Å²) < 4.78 is 16.8. The molecule has 206 valence electrons. The molecule has 4 heterocycles. The lowest BCUT2D eigenvalue weighted by atomic mass is 9.69. The van der Waals surface area contributed by atoms with E-state index < -0.39 is 22.6 Å². The van der Waals surface area contributed by atoms with Gasteiger partial charge in [-0.25, -0.2) is 14.3 Å². The van der Waals surface area contributed by atoms with Crippen LogP contribution in [0.25, 0.3) is 16.9 Å². The number of fused-ring (bicyclic) bond motifs is 9. The van der Waals surface area contributed by atoms with Gasteiger partial charge in [0.1, 0.15) is 0 Å². The normalized spacial score (nSPS) is 31.2. The quantitative estimate of drug-likeness (QED) is 0.542. The molecule has 2 saturated heterocycles. The van der Waals surface area contributed by atoms with Crippen molar-refractivity contribution in [2.75, 3.05) is 0 Å². The third kappa shape index (κ3) is 4.29. The second-order valence-corrected chi connectivity index (χ2v) is 12.3. The van der Waals surface area contributed by atoms with Gasteiger partial charge in [-0.3, -0.25) is 19.5 Å². The molecule has 5 fully saturated rings. The highest BCUT2D eigenvalue weighted by molar-refractivity contribution is 5.75. The van der Waals surface area contributed by atoms with Gasteiger partial charge in [0.05, 0.1) is 17.2 Å².